The number of carbonyl (C=O) groups excluding carboxylic acids is 11. The molecule has 5 aromatic carbocycles. The van der Waals surface area contributed by atoms with Gasteiger partial charge in [-0.15, -0.1) is 0 Å². The minimum atomic E-state index is -2.06. The van der Waals surface area contributed by atoms with Crippen molar-refractivity contribution in [1.29, 1.82) is 0 Å². The number of aromatic amines is 1. The molecule has 0 saturated heterocycles. The predicted molar refractivity (Wildman–Crippen MR) is 388 cm³/mol. The van der Waals surface area contributed by atoms with Gasteiger partial charge in [-0.25, -0.2) is 4.98 Å². The summed E-state index contributed by atoms with van der Waals surface area (Å²) in [4.78, 5) is 183. The Hall–Kier alpha value is -11.7. The number of carbonyl (C=O) groups is 13. The number of nitrogens with zero attached hydrogens (tertiary/aromatic N) is 1. The smallest absolute Gasteiger partial charge is 0.305 e. The van der Waals surface area contributed by atoms with E-state index in [9.17, 15) is 82.8 Å². The number of nitrogens with two attached hydrogens (primary N) is 2. The largest absolute Gasteiger partial charge is 0.481 e. The van der Waals surface area contributed by atoms with Crippen LogP contribution in [0.25, 0.3) is 22.3 Å². The molecule has 31 heteroatoms. The van der Waals surface area contributed by atoms with Gasteiger partial charge in [-0.3, -0.25) is 62.3 Å². The second-order valence-electron chi connectivity index (χ2n) is 26.0. The molecule has 0 fully saturated rings. The van der Waals surface area contributed by atoms with Crippen molar-refractivity contribution in [2.75, 3.05) is 13.2 Å². The van der Waals surface area contributed by atoms with Crippen molar-refractivity contribution in [3.8, 4) is 22.3 Å². The molecule has 0 aliphatic heterocycles. The van der Waals surface area contributed by atoms with E-state index >= 15 is 0 Å². The Morgan fingerprint density at radius 1 is 0.547 bits per heavy atom. The fourth-order valence-corrected chi connectivity index (χ4v) is 11.5. The second-order valence-corrected chi connectivity index (χ2v) is 26.0. The highest BCUT2D eigenvalue weighted by molar-refractivity contribution is 6.01. The topological polar surface area (TPSA) is 504 Å². The van der Waals surface area contributed by atoms with E-state index in [1.165, 1.54) is 26.4 Å². The van der Waals surface area contributed by atoms with Crippen molar-refractivity contribution in [3.05, 3.63) is 173 Å². The van der Waals surface area contributed by atoms with Gasteiger partial charge in [0.05, 0.1) is 44.5 Å². The van der Waals surface area contributed by atoms with Gasteiger partial charge in [0.2, 0.25) is 65.0 Å². The number of aromatic nitrogens is 2. The van der Waals surface area contributed by atoms with Crippen molar-refractivity contribution < 1.29 is 82.8 Å². The van der Waals surface area contributed by atoms with Crippen LogP contribution in [0.5, 0.6) is 0 Å². The molecular formula is C75H94N14O17. The number of H-pyrrole nitrogens is 1. The maximum absolute atomic E-state index is 14.7. The molecule has 566 valence electrons. The van der Waals surface area contributed by atoms with E-state index in [1.807, 2.05) is 86.6 Å². The first-order valence-corrected chi connectivity index (χ1v) is 34.6. The minimum absolute atomic E-state index is 0.0377. The average Bonchev–Trinajstić information content (AvgIpc) is 0.849. The highest BCUT2D eigenvalue weighted by Crippen LogP contribution is 2.27. The molecule has 0 radical (unpaired) electrons. The third kappa shape index (κ3) is 25.3. The van der Waals surface area contributed by atoms with Crippen LogP contribution in [-0.2, 0) is 94.4 Å². The number of rotatable bonds is 41. The Kier molecular flexibility index (Phi) is 31.7. The highest BCUT2D eigenvalue weighted by atomic mass is 16.4. The van der Waals surface area contributed by atoms with E-state index in [2.05, 4.69) is 63.1 Å². The summed E-state index contributed by atoms with van der Waals surface area (Å²) in [6, 6.07) is 23.5. The maximum atomic E-state index is 14.7. The van der Waals surface area contributed by atoms with Crippen molar-refractivity contribution in [2.24, 2.45) is 11.5 Å². The number of aryl methyl sites for hydroxylation is 2. The standard InChI is InChI=1S/C75H94N14O17/c1-7-9-23-55(82-61(92)39-79-68(100)58(35-62(93)94)84-66(98)43(4)81-67(99)54(76)34-51-38-78-41-80-51)72(104)89-75(6,37-47-18-11-10-12-19-47)74(106)88-64(44(5)91)73(105)87-60(40-90)71(103)86-59(36-63(95)96)70(102)85-57(33-46-26-30-50(31-27-46)53-22-16-14-20-48(53)8-2)69(101)83-56(65(77)97)32-45-24-28-49(29-25-45)52-21-15-13-17-42(52)3/h10-22,24-31,38,41,43-44,54-60,64,90-91H,7-9,23,32-37,39-40,76H2,1-6H3,(H2,77,97)(H,78,80)(H,79,100)(H,81,99)(H,82,92)(H,83,101)(H,84,98)(H,85,102)(H,86,103)(H,87,105)(H,88,106)(H,89,104)(H,93,94)(H,95,96)/t43-,44-,54+,55+,56+,57+,58+,59+,60+,64+,75+/m1/s1. The molecule has 1 aromatic heterocycles. The molecule has 0 spiro atoms. The van der Waals surface area contributed by atoms with Crippen molar-refractivity contribution in [3.63, 3.8) is 0 Å². The Morgan fingerprint density at radius 2 is 1.08 bits per heavy atom. The van der Waals surface area contributed by atoms with Crippen molar-refractivity contribution in [2.45, 2.75) is 172 Å². The Labute approximate surface area is 612 Å². The molecule has 6 aromatic rings. The number of carboxylic acid groups (broad SMARTS) is 2. The zero-order valence-electron chi connectivity index (χ0n) is 59.7. The number of carboxylic acids is 2. The Balaban J connectivity index is 1.16. The SMILES string of the molecule is CCCC[C@H](NC(=O)CNC(=O)[C@H](CC(=O)O)NC(=O)[C@@H](C)NC(=O)[C@@H](N)Cc1cnc[nH]1)C(=O)N[C@@](C)(Cc1ccccc1)C(=O)N[C@H](C(=O)N[C@@H](CO)C(=O)N[C@@H](CC(=O)O)C(=O)N[C@@H](Cc1ccc(-c2ccccc2CC)cc1)C(=O)N[C@@H](Cc1ccc(-c2ccccc2C)cc1)C(N)=O)[C@@H](C)O. The first-order valence-electron chi connectivity index (χ1n) is 34.6. The molecule has 31 nitrogen and oxygen atoms in total. The van der Waals surface area contributed by atoms with Gasteiger partial charge in [-0.05, 0) is 90.6 Å². The molecule has 0 unspecified atom stereocenters. The lowest BCUT2D eigenvalue weighted by atomic mass is 9.90. The van der Waals surface area contributed by atoms with E-state index in [0.29, 0.717) is 35.2 Å². The summed E-state index contributed by atoms with van der Waals surface area (Å²) in [6.07, 6.45) is -0.0950. The summed E-state index contributed by atoms with van der Waals surface area (Å²) >= 11 is 0. The lowest BCUT2D eigenvalue weighted by Gasteiger charge is -2.34. The fourth-order valence-electron chi connectivity index (χ4n) is 11.5. The normalized spacial score (nSPS) is 14.5. The zero-order chi connectivity index (χ0) is 77.8. The highest BCUT2D eigenvalue weighted by Gasteiger charge is 2.42. The summed E-state index contributed by atoms with van der Waals surface area (Å²) < 4.78 is 0. The van der Waals surface area contributed by atoms with Crippen LogP contribution < -0.4 is 64.6 Å². The van der Waals surface area contributed by atoms with Crippen LogP contribution >= 0.6 is 0 Å². The molecule has 0 bridgehead atoms. The lowest BCUT2D eigenvalue weighted by molar-refractivity contribution is -0.142. The summed E-state index contributed by atoms with van der Waals surface area (Å²) in [6.45, 7) is 7.33. The molecule has 0 aliphatic rings. The van der Waals surface area contributed by atoms with Crippen molar-refractivity contribution >= 4 is 76.9 Å². The van der Waals surface area contributed by atoms with E-state index in [1.54, 1.807) is 61.5 Å². The van der Waals surface area contributed by atoms with Gasteiger partial charge in [0.15, 0.2) is 0 Å². The molecule has 19 N–H and O–H groups in total. The molecule has 11 amide bonds. The fraction of sp³-hybridized carbons (Fsp3) is 0.387. The van der Waals surface area contributed by atoms with Gasteiger partial charge < -0.3 is 90.0 Å². The quantitative estimate of drug-likeness (QED) is 0.0242. The van der Waals surface area contributed by atoms with Crippen LogP contribution in [0.1, 0.15) is 100 Å². The zero-order valence-corrected chi connectivity index (χ0v) is 59.7. The average molecular weight is 1460 g/mol. The number of benzene rings is 5. The molecule has 0 saturated carbocycles. The number of hydrogen-bond acceptors (Lipinski definition) is 17. The number of aliphatic carboxylic acids is 2. The second kappa shape index (κ2) is 40.4. The van der Waals surface area contributed by atoms with Crippen LogP contribution in [-0.4, -0.2) is 186 Å². The monoisotopic (exact) mass is 1460 g/mol. The van der Waals surface area contributed by atoms with E-state index in [4.69, 9.17) is 11.5 Å². The molecule has 11 atom stereocenters. The lowest BCUT2D eigenvalue weighted by Crippen LogP contribution is -2.66. The van der Waals surface area contributed by atoms with Gasteiger partial charge in [0.1, 0.15) is 53.9 Å². The third-order valence-electron chi connectivity index (χ3n) is 17.4. The van der Waals surface area contributed by atoms with Crippen LogP contribution in [0.2, 0.25) is 0 Å². The number of unbranched alkanes of at least 4 members (excludes halogenated alkanes) is 1. The van der Waals surface area contributed by atoms with Gasteiger partial charge in [0.25, 0.3) is 0 Å². The Morgan fingerprint density at radius 3 is 1.64 bits per heavy atom. The Bertz CT molecular complexity index is 4050. The van der Waals surface area contributed by atoms with Gasteiger partial charge in [-0.1, -0.05) is 154 Å². The number of imidazole rings is 1. The number of primary amides is 1. The van der Waals surface area contributed by atoms with Gasteiger partial charge >= 0.3 is 11.9 Å². The predicted octanol–water partition coefficient (Wildman–Crippen LogP) is 0.0998. The molecule has 6 rings (SSSR count). The summed E-state index contributed by atoms with van der Waals surface area (Å²) in [7, 11) is 0. The van der Waals surface area contributed by atoms with Gasteiger partial charge in [-0.2, -0.15) is 0 Å². The number of nitrogens with one attached hydrogen (secondary N) is 11. The van der Waals surface area contributed by atoms with Crippen molar-refractivity contribution in [1.82, 2.24) is 63.1 Å². The summed E-state index contributed by atoms with van der Waals surface area (Å²) in [5.74, 6) is -14.7. The maximum Gasteiger partial charge on any atom is 0.305 e. The van der Waals surface area contributed by atoms with E-state index < -0.39 is 169 Å². The minimum Gasteiger partial charge on any atom is -0.481 e. The third-order valence-corrected chi connectivity index (χ3v) is 17.4. The first kappa shape index (κ1) is 83.2. The van der Waals surface area contributed by atoms with Crippen LogP contribution in [0.15, 0.2) is 140 Å². The van der Waals surface area contributed by atoms with Crippen LogP contribution in [0.3, 0.4) is 0 Å². The summed E-state index contributed by atoms with van der Waals surface area (Å²) in [5, 5.41) is 65.4. The number of hydrogen-bond donors (Lipinski definition) is 17. The molecule has 0 aliphatic carbocycles. The molecule has 106 heavy (non-hydrogen) atoms. The van der Waals surface area contributed by atoms with Gasteiger partial charge in [0, 0.05) is 37.6 Å². The first-order chi connectivity index (χ1) is 50.4. The van der Waals surface area contributed by atoms with Crippen LogP contribution in [0.4, 0.5) is 0 Å². The number of amides is 11. The van der Waals surface area contributed by atoms with E-state index in [0.717, 1.165) is 46.7 Å². The molecular weight excluding hydrogens is 1370 g/mol. The summed E-state index contributed by atoms with van der Waals surface area (Å²) in [5.41, 5.74) is 17.7. The molecule has 1 heterocycles. The number of aliphatic hydroxyl groups excluding tert-OH is 2. The van der Waals surface area contributed by atoms with E-state index in [-0.39, 0.29) is 32.1 Å². The van der Waals surface area contributed by atoms with Crippen LogP contribution in [0, 0.1) is 6.92 Å². The number of aliphatic hydroxyl groups is 2.